The lowest BCUT2D eigenvalue weighted by molar-refractivity contribution is 0.0946. The van der Waals surface area contributed by atoms with Crippen molar-refractivity contribution in [3.05, 3.63) is 70.2 Å². The van der Waals surface area contributed by atoms with Gasteiger partial charge in [-0.2, -0.15) is 0 Å². The quantitative estimate of drug-likeness (QED) is 0.727. The van der Waals surface area contributed by atoms with E-state index in [4.69, 9.17) is 11.6 Å². The van der Waals surface area contributed by atoms with Gasteiger partial charge in [-0.05, 0) is 48.9 Å². The Kier molecular flexibility index (Phi) is 6.14. The number of nitrogens with one attached hydrogen (secondary N) is 1. The number of amides is 1. The summed E-state index contributed by atoms with van der Waals surface area (Å²) in [5.41, 5.74) is 2.95. The third-order valence-electron chi connectivity index (χ3n) is 5.36. The van der Waals surface area contributed by atoms with E-state index in [1.165, 1.54) is 37.7 Å². The molecule has 1 saturated carbocycles. The van der Waals surface area contributed by atoms with Crippen LogP contribution in [0, 0.1) is 12.8 Å². The smallest absolute Gasteiger partial charge is 0.251 e. The van der Waals surface area contributed by atoms with Gasteiger partial charge < -0.3 is 5.32 Å². The Morgan fingerprint density at radius 2 is 1.84 bits per heavy atom. The van der Waals surface area contributed by atoms with Gasteiger partial charge in [-0.15, -0.1) is 0 Å². The molecule has 0 bridgehead atoms. The SMILES string of the molecule is Cc1ccc(C(=O)NC[C@H](c2ccccc2)C2CCCCC2)cc1Cl. The Morgan fingerprint density at radius 1 is 1.12 bits per heavy atom. The minimum atomic E-state index is -0.0429. The molecule has 0 aliphatic heterocycles. The summed E-state index contributed by atoms with van der Waals surface area (Å²) in [6, 6.07) is 16.1. The van der Waals surface area contributed by atoms with Crippen molar-refractivity contribution in [1.82, 2.24) is 5.32 Å². The topological polar surface area (TPSA) is 29.1 Å². The van der Waals surface area contributed by atoms with Crippen molar-refractivity contribution in [2.24, 2.45) is 5.92 Å². The second-order valence-electron chi connectivity index (χ2n) is 7.09. The zero-order valence-corrected chi connectivity index (χ0v) is 15.6. The van der Waals surface area contributed by atoms with Gasteiger partial charge in [0.05, 0.1) is 0 Å². The lowest BCUT2D eigenvalue weighted by atomic mass is 9.76. The van der Waals surface area contributed by atoms with E-state index in [0.717, 1.165) is 5.56 Å². The number of halogens is 1. The minimum Gasteiger partial charge on any atom is -0.351 e. The van der Waals surface area contributed by atoms with E-state index < -0.39 is 0 Å². The van der Waals surface area contributed by atoms with Crippen molar-refractivity contribution in [1.29, 1.82) is 0 Å². The lowest BCUT2D eigenvalue weighted by Gasteiger charge is -2.31. The van der Waals surface area contributed by atoms with Gasteiger partial charge in [0.15, 0.2) is 0 Å². The van der Waals surface area contributed by atoms with E-state index in [9.17, 15) is 4.79 Å². The van der Waals surface area contributed by atoms with Crippen molar-refractivity contribution < 1.29 is 4.79 Å². The highest BCUT2D eigenvalue weighted by molar-refractivity contribution is 6.31. The molecule has 1 atom stereocenters. The zero-order valence-electron chi connectivity index (χ0n) is 14.8. The first-order valence-corrected chi connectivity index (χ1v) is 9.62. The Balaban J connectivity index is 1.71. The van der Waals surface area contributed by atoms with Gasteiger partial charge in [-0.25, -0.2) is 0 Å². The van der Waals surface area contributed by atoms with Gasteiger partial charge in [0.1, 0.15) is 0 Å². The average molecular weight is 356 g/mol. The number of hydrogen-bond acceptors (Lipinski definition) is 1. The van der Waals surface area contributed by atoms with Crippen LogP contribution >= 0.6 is 11.6 Å². The predicted molar refractivity (Wildman–Crippen MR) is 104 cm³/mol. The monoisotopic (exact) mass is 355 g/mol. The Bertz CT molecular complexity index is 707. The molecule has 0 spiro atoms. The normalized spacial score (nSPS) is 16.4. The van der Waals surface area contributed by atoms with Crippen LogP contribution in [0.1, 0.15) is 59.5 Å². The second-order valence-corrected chi connectivity index (χ2v) is 7.50. The summed E-state index contributed by atoms with van der Waals surface area (Å²) < 4.78 is 0. The first-order valence-electron chi connectivity index (χ1n) is 9.24. The molecule has 132 valence electrons. The lowest BCUT2D eigenvalue weighted by Crippen LogP contribution is -2.32. The van der Waals surface area contributed by atoms with E-state index >= 15 is 0 Å². The maximum Gasteiger partial charge on any atom is 0.251 e. The molecule has 1 amide bonds. The molecule has 1 N–H and O–H groups in total. The first-order chi connectivity index (χ1) is 12.1. The number of hydrogen-bond donors (Lipinski definition) is 1. The first kappa shape index (κ1) is 18.0. The van der Waals surface area contributed by atoms with Crippen LogP contribution in [-0.4, -0.2) is 12.5 Å². The molecule has 2 aromatic rings. The number of aryl methyl sites for hydroxylation is 1. The largest absolute Gasteiger partial charge is 0.351 e. The molecule has 0 unspecified atom stereocenters. The molecular formula is C22H26ClNO. The fourth-order valence-corrected chi connectivity index (χ4v) is 4.01. The average Bonchev–Trinajstić information content (AvgIpc) is 2.66. The van der Waals surface area contributed by atoms with Gasteiger partial charge in [0.2, 0.25) is 0 Å². The number of benzene rings is 2. The molecule has 2 nitrogen and oxygen atoms in total. The molecule has 1 aliphatic rings. The molecule has 0 heterocycles. The maximum atomic E-state index is 12.6. The Labute approximate surface area is 155 Å². The summed E-state index contributed by atoms with van der Waals surface area (Å²) >= 11 is 6.16. The van der Waals surface area contributed by atoms with Gasteiger partial charge in [0, 0.05) is 23.0 Å². The van der Waals surface area contributed by atoms with Crippen LogP contribution in [0.4, 0.5) is 0 Å². The van der Waals surface area contributed by atoms with Crippen LogP contribution in [0.5, 0.6) is 0 Å². The number of carbonyl (C=O) groups excluding carboxylic acids is 1. The summed E-state index contributed by atoms with van der Waals surface area (Å²) in [4.78, 5) is 12.6. The predicted octanol–water partition coefficient (Wildman–Crippen LogP) is 5.74. The summed E-state index contributed by atoms with van der Waals surface area (Å²) in [5.74, 6) is 0.989. The summed E-state index contributed by atoms with van der Waals surface area (Å²) in [6.07, 6.45) is 6.45. The minimum absolute atomic E-state index is 0.0429. The fraction of sp³-hybridized carbons (Fsp3) is 0.409. The van der Waals surface area contributed by atoms with Crippen molar-refractivity contribution in [2.75, 3.05) is 6.54 Å². The Hall–Kier alpha value is -1.80. The van der Waals surface area contributed by atoms with Gasteiger partial charge in [-0.3, -0.25) is 4.79 Å². The molecule has 3 rings (SSSR count). The van der Waals surface area contributed by atoms with Crippen LogP contribution in [-0.2, 0) is 0 Å². The third kappa shape index (κ3) is 4.64. The third-order valence-corrected chi connectivity index (χ3v) is 5.77. The van der Waals surface area contributed by atoms with Gasteiger partial charge in [0.25, 0.3) is 5.91 Å². The highest BCUT2D eigenvalue weighted by Gasteiger charge is 2.25. The van der Waals surface area contributed by atoms with Crippen LogP contribution in [0.3, 0.4) is 0 Å². The van der Waals surface area contributed by atoms with E-state index in [-0.39, 0.29) is 5.91 Å². The summed E-state index contributed by atoms with van der Waals surface area (Å²) in [6.45, 7) is 2.62. The standard InChI is InChI=1S/C22H26ClNO/c1-16-12-13-19(14-21(16)23)22(25)24-15-20(17-8-4-2-5-9-17)18-10-6-3-7-11-18/h2,4-5,8-9,12-14,18,20H,3,6-7,10-11,15H2,1H3,(H,24,25)/t20-/m1/s1. The number of rotatable bonds is 5. The van der Waals surface area contributed by atoms with Gasteiger partial charge in [-0.1, -0.05) is 67.3 Å². The van der Waals surface area contributed by atoms with Crippen molar-refractivity contribution >= 4 is 17.5 Å². The van der Waals surface area contributed by atoms with Crippen molar-refractivity contribution in [2.45, 2.75) is 44.9 Å². The van der Waals surface area contributed by atoms with E-state index in [1.54, 1.807) is 6.07 Å². The van der Waals surface area contributed by atoms with E-state index in [1.807, 2.05) is 25.1 Å². The van der Waals surface area contributed by atoms with Crippen molar-refractivity contribution in [3.63, 3.8) is 0 Å². The van der Waals surface area contributed by atoms with Crippen LogP contribution in [0.25, 0.3) is 0 Å². The zero-order chi connectivity index (χ0) is 17.6. The van der Waals surface area contributed by atoms with Crippen LogP contribution < -0.4 is 5.32 Å². The van der Waals surface area contributed by atoms with Gasteiger partial charge >= 0.3 is 0 Å². The molecule has 2 aromatic carbocycles. The molecule has 0 radical (unpaired) electrons. The summed E-state index contributed by atoms with van der Waals surface area (Å²) in [7, 11) is 0. The molecule has 25 heavy (non-hydrogen) atoms. The van der Waals surface area contributed by atoms with E-state index in [0.29, 0.717) is 29.0 Å². The highest BCUT2D eigenvalue weighted by atomic mass is 35.5. The summed E-state index contributed by atoms with van der Waals surface area (Å²) in [5, 5.41) is 3.78. The molecular weight excluding hydrogens is 330 g/mol. The molecule has 1 fully saturated rings. The second kappa shape index (κ2) is 8.53. The molecule has 0 aromatic heterocycles. The Morgan fingerprint density at radius 3 is 2.52 bits per heavy atom. The highest BCUT2D eigenvalue weighted by Crippen LogP contribution is 2.35. The van der Waals surface area contributed by atoms with E-state index in [2.05, 4.69) is 29.6 Å². The van der Waals surface area contributed by atoms with Crippen LogP contribution in [0.2, 0.25) is 5.02 Å². The maximum absolute atomic E-state index is 12.6. The molecule has 3 heteroatoms. The fourth-order valence-electron chi connectivity index (χ4n) is 3.83. The molecule has 1 aliphatic carbocycles. The molecule has 0 saturated heterocycles. The van der Waals surface area contributed by atoms with Crippen molar-refractivity contribution in [3.8, 4) is 0 Å². The van der Waals surface area contributed by atoms with Crippen LogP contribution in [0.15, 0.2) is 48.5 Å². The number of carbonyl (C=O) groups is 1.